The number of nitrogens with zero attached hydrogens (tertiary/aromatic N) is 3. The minimum atomic E-state index is -4.14. The topological polar surface area (TPSA) is 130 Å². The van der Waals surface area contributed by atoms with E-state index in [1.54, 1.807) is 19.9 Å². The van der Waals surface area contributed by atoms with Gasteiger partial charge in [0.15, 0.2) is 0 Å². The molecule has 0 atom stereocenters. The van der Waals surface area contributed by atoms with Crippen LogP contribution in [-0.2, 0) is 16.4 Å². The molecule has 0 fully saturated rings. The Balaban J connectivity index is 2.33. The highest BCUT2D eigenvalue weighted by Gasteiger charge is 2.33. The Bertz CT molecular complexity index is 1290. The summed E-state index contributed by atoms with van der Waals surface area (Å²) in [5, 5.41) is 20.0. The van der Waals surface area contributed by atoms with Crippen molar-refractivity contribution in [1.29, 1.82) is 5.26 Å². The number of nitrogens with two attached hydrogens (primary N) is 1. The summed E-state index contributed by atoms with van der Waals surface area (Å²) in [5.41, 5.74) is 2.86. The van der Waals surface area contributed by atoms with E-state index in [9.17, 15) is 18.5 Å². The Morgan fingerprint density at radius 3 is 2.63 bits per heavy atom. The zero-order valence-electron chi connectivity index (χ0n) is 16.3. The maximum atomic E-state index is 13.6. The number of halogens is 1. The summed E-state index contributed by atoms with van der Waals surface area (Å²) < 4.78 is 29.3. The number of amides is 1. The van der Waals surface area contributed by atoms with Crippen LogP contribution in [0.5, 0.6) is 0 Å². The number of thiophene rings is 1. The van der Waals surface area contributed by atoms with Crippen molar-refractivity contribution in [3.63, 3.8) is 0 Å². The highest BCUT2D eigenvalue weighted by atomic mass is 35.5. The van der Waals surface area contributed by atoms with Gasteiger partial charge in [-0.05, 0) is 43.3 Å². The van der Waals surface area contributed by atoms with Crippen molar-refractivity contribution in [2.45, 2.75) is 32.1 Å². The van der Waals surface area contributed by atoms with Gasteiger partial charge in [-0.15, -0.1) is 11.3 Å². The fourth-order valence-corrected chi connectivity index (χ4v) is 5.20. The summed E-state index contributed by atoms with van der Waals surface area (Å²) in [4.78, 5) is 14.4. The van der Waals surface area contributed by atoms with Crippen molar-refractivity contribution in [1.82, 2.24) is 5.16 Å². The molecular weight excluding hydrogens is 448 g/mol. The molecule has 0 radical (unpaired) electrons. The van der Waals surface area contributed by atoms with Crippen molar-refractivity contribution in [3.8, 4) is 6.07 Å². The second-order valence-corrected chi connectivity index (χ2v) is 9.44. The molecule has 2 N–H and O–H groups in total. The molecule has 0 saturated carbocycles. The van der Waals surface area contributed by atoms with E-state index >= 15 is 0 Å². The Morgan fingerprint density at radius 2 is 2.07 bits per heavy atom. The third-order valence-corrected chi connectivity index (χ3v) is 6.75. The molecule has 1 amide bonds. The molecule has 0 saturated heterocycles. The van der Waals surface area contributed by atoms with Gasteiger partial charge >= 0.3 is 0 Å². The molecule has 0 aliphatic rings. The number of nitriles is 1. The van der Waals surface area contributed by atoms with Gasteiger partial charge in [-0.2, -0.15) is 5.26 Å². The molecule has 0 spiro atoms. The van der Waals surface area contributed by atoms with Crippen LogP contribution in [0.25, 0.3) is 0 Å². The number of aromatic nitrogens is 1. The van der Waals surface area contributed by atoms with Crippen LogP contribution in [0.15, 0.2) is 33.0 Å². The monoisotopic (exact) mass is 464 g/mol. The summed E-state index contributed by atoms with van der Waals surface area (Å²) in [6.07, 6.45) is 0.0128. The largest absolute Gasteiger partial charge is 0.336 e. The van der Waals surface area contributed by atoms with Crippen LogP contribution < -0.4 is 10.0 Å². The summed E-state index contributed by atoms with van der Waals surface area (Å²) in [6.45, 7) is 5.25. The van der Waals surface area contributed by atoms with Crippen molar-refractivity contribution in [3.05, 3.63) is 55.9 Å². The van der Waals surface area contributed by atoms with Gasteiger partial charge in [-0.25, -0.2) is 18.5 Å². The van der Waals surface area contributed by atoms with Gasteiger partial charge in [0.25, 0.3) is 11.8 Å². The first-order valence-electron chi connectivity index (χ1n) is 8.59. The standard InChI is InChI=1S/C19H17ClN4O4S2/c1-10-8-11(2)16(13(9-10)4-6-21)24(19-15(20)12(3)23-28-19)18(25)17-14(5-7-29-17)30(22,26)27/h5,7-9H,4H2,1-3H3,(H2,22,26,27). The number of hydrogen-bond donors (Lipinski definition) is 1. The Morgan fingerprint density at radius 1 is 1.37 bits per heavy atom. The van der Waals surface area contributed by atoms with Gasteiger partial charge in [0.1, 0.15) is 20.5 Å². The number of primary sulfonamides is 1. The SMILES string of the molecule is Cc1cc(C)c(N(C(=O)c2sccc2S(N)(=O)=O)c2onc(C)c2Cl)c(CC#N)c1. The molecule has 30 heavy (non-hydrogen) atoms. The van der Waals surface area contributed by atoms with E-state index in [4.69, 9.17) is 21.3 Å². The van der Waals surface area contributed by atoms with Crippen LogP contribution in [-0.4, -0.2) is 19.5 Å². The second kappa shape index (κ2) is 8.20. The number of sulfonamides is 1. The molecule has 3 rings (SSSR count). The quantitative estimate of drug-likeness (QED) is 0.607. The second-order valence-electron chi connectivity index (χ2n) is 6.61. The number of anilines is 2. The predicted molar refractivity (Wildman–Crippen MR) is 114 cm³/mol. The van der Waals surface area contributed by atoms with E-state index in [1.165, 1.54) is 11.4 Å². The maximum absolute atomic E-state index is 13.6. The van der Waals surface area contributed by atoms with Gasteiger partial charge in [0.2, 0.25) is 10.0 Å². The molecule has 8 nitrogen and oxygen atoms in total. The fraction of sp³-hybridized carbons (Fsp3) is 0.211. The lowest BCUT2D eigenvalue weighted by molar-refractivity contribution is 0.0995. The minimum Gasteiger partial charge on any atom is -0.336 e. The van der Waals surface area contributed by atoms with E-state index in [-0.39, 0.29) is 27.1 Å². The van der Waals surface area contributed by atoms with Crippen LogP contribution in [0, 0.1) is 32.1 Å². The van der Waals surface area contributed by atoms with E-state index < -0.39 is 15.9 Å². The Hall–Kier alpha value is -2.71. The van der Waals surface area contributed by atoms with Crippen molar-refractivity contribution >= 4 is 50.4 Å². The van der Waals surface area contributed by atoms with Crippen LogP contribution in [0.4, 0.5) is 11.6 Å². The Kier molecular flexibility index (Phi) is 6.01. The first-order valence-corrected chi connectivity index (χ1v) is 11.4. The number of carbonyl (C=O) groups excluding carboxylic acids is 1. The summed E-state index contributed by atoms with van der Waals surface area (Å²) in [7, 11) is -4.14. The van der Waals surface area contributed by atoms with Crippen LogP contribution in [0.2, 0.25) is 5.02 Å². The molecule has 0 aliphatic heterocycles. The normalized spacial score (nSPS) is 11.3. The molecule has 3 aromatic rings. The number of benzene rings is 1. The lowest BCUT2D eigenvalue weighted by Gasteiger charge is -2.24. The van der Waals surface area contributed by atoms with Crippen molar-refractivity contribution < 1.29 is 17.7 Å². The molecule has 0 aliphatic carbocycles. The molecule has 2 aromatic heterocycles. The predicted octanol–water partition coefficient (Wildman–Crippen LogP) is 4.01. The van der Waals surface area contributed by atoms with Gasteiger partial charge in [-0.3, -0.25) is 4.79 Å². The van der Waals surface area contributed by atoms with Crippen molar-refractivity contribution in [2.24, 2.45) is 5.14 Å². The number of rotatable bonds is 5. The molecule has 0 bridgehead atoms. The van der Waals surface area contributed by atoms with Crippen LogP contribution in [0.1, 0.15) is 32.1 Å². The third kappa shape index (κ3) is 3.97. The number of carbonyl (C=O) groups is 1. The Labute approximate surface area is 182 Å². The fourth-order valence-electron chi connectivity index (χ4n) is 3.15. The molecule has 2 heterocycles. The molecule has 11 heteroatoms. The first kappa shape index (κ1) is 22.0. The molecular formula is C19H17ClN4O4S2. The van der Waals surface area contributed by atoms with Gasteiger partial charge in [0.05, 0.1) is 18.2 Å². The minimum absolute atomic E-state index is 0.0128. The van der Waals surface area contributed by atoms with Crippen molar-refractivity contribution in [2.75, 3.05) is 4.90 Å². The van der Waals surface area contributed by atoms with Gasteiger partial charge in [0, 0.05) is 0 Å². The number of aryl methyl sites for hydroxylation is 3. The first-order chi connectivity index (χ1) is 14.1. The lowest BCUT2D eigenvalue weighted by atomic mass is 10.0. The zero-order chi connectivity index (χ0) is 22.2. The molecule has 156 valence electrons. The van der Waals surface area contributed by atoms with Gasteiger partial charge < -0.3 is 4.52 Å². The smallest absolute Gasteiger partial charge is 0.276 e. The van der Waals surface area contributed by atoms with E-state index in [1.807, 2.05) is 13.0 Å². The summed E-state index contributed by atoms with van der Waals surface area (Å²) >= 11 is 7.27. The molecule has 0 unspecified atom stereocenters. The summed E-state index contributed by atoms with van der Waals surface area (Å²) in [5.74, 6) is -0.780. The average molecular weight is 465 g/mol. The maximum Gasteiger partial charge on any atom is 0.276 e. The summed E-state index contributed by atoms with van der Waals surface area (Å²) in [6, 6.07) is 6.96. The zero-order valence-corrected chi connectivity index (χ0v) is 18.7. The highest BCUT2D eigenvalue weighted by molar-refractivity contribution is 7.89. The van der Waals surface area contributed by atoms with Gasteiger partial charge in [-0.1, -0.05) is 34.5 Å². The highest BCUT2D eigenvalue weighted by Crippen LogP contribution is 2.40. The lowest BCUT2D eigenvalue weighted by Crippen LogP contribution is -2.29. The average Bonchev–Trinajstić information content (AvgIpc) is 3.26. The van der Waals surface area contributed by atoms with Crippen LogP contribution in [0.3, 0.4) is 0 Å². The number of hydrogen-bond acceptors (Lipinski definition) is 7. The van der Waals surface area contributed by atoms with Crippen LogP contribution >= 0.6 is 22.9 Å². The van der Waals surface area contributed by atoms with E-state index in [0.29, 0.717) is 22.5 Å². The molecule has 1 aromatic carbocycles. The third-order valence-electron chi connectivity index (χ3n) is 4.33. The van der Waals surface area contributed by atoms with E-state index in [0.717, 1.165) is 21.8 Å². The van der Waals surface area contributed by atoms with E-state index in [2.05, 4.69) is 11.2 Å².